The highest BCUT2D eigenvalue weighted by molar-refractivity contribution is 5.94. The van der Waals surface area contributed by atoms with Gasteiger partial charge in [-0.3, -0.25) is 0 Å². The first-order valence-corrected chi connectivity index (χ1v) is 23.8. The molecule has 9 aromatic rings. The summed E-state index contributed by atoms with van der Waals surface area (Å²) < 4.78 is 0. The predicted molar refractivity (Wildman–Crippen MR) is 296 cm³/mol. The molecule has 0 amide bonds. The van der Waals surface area contributed by atoms with Crippen LogP contribution in [-0.4, -0.2) is 0 Å². The van der Waals surface area contributed by atoms with Crippen molar-refractivity contribution in [3.63, 3.8) is 0 Å². The summed E-state index contributed by atoms with van der Waals surface area (Å²) >= 11 is 0. The van der Waals surface area contributed by atoms with Gasteiger partial charge in [0.2, 0.25) is 0 Å². The maximum Gasteiger partial charge on any atom is 0.0462 e. The molecule has 2 nitrogen and oxygen atoms in total. The topological polar surface area (TPSA) is 6.48 Å². The van der Waals surface area contributed by atoms with Crippen molar-refractivity contribution >= 4 is 57.4 Å². The van der Waals surface area contributed by atoms with Crippen LogP contribution < -0.4 is 9.80 Å². The average molecular weight is 887 g/mol. The summed E-state index contributed by atoms with van der Waals surface area (Å²) in [6, 6.07) is 85.2. The van der Waals surface area contributed by atoms with Crippen LogP contribution in [0.3, 0.4) is 0 Å². The SMILES string of the molecule is Cc1ccc(N(c2ccc(C=C(c3ccccc3)c3ccccc3)cc2)c2ccc(-c3ccc(N(c4ccc(C)cc4)c4ccc(/C=C(/C5=CC=CCC=C5)c5ccccc5)cc4)cc3)cc2)cc1. The van der Waals surface area contributed by atoms with Gasteiger partial charge in [-0.2, -0.15) is 0 Å². The van der Waals surface area contributed by atoms with Crippen molar-refractivity contribution in [1.82, 2.24) is 0 Å². The minimum absolute atomic E-state index is 0.938. The van der Waals surface area contributed by atoms with Crippen LogP contribution in [0, 0.1) is 13.8 Å². The zero-order valence-corrected chi connectivity index (χ0v) is 39.2. The van der Waals surface area contributed by atoms with Crippen LogP contribution >= 0.6 is 0 Å². The number of allylic oxidation sites excluding steroid dienone is 7. The molecule has 0 radical (unpaired) electrons. The van der Waals surface area contributed by atoms with E-state index in [1.165, 1.54) is 44.5 Å². The van der Waals surface area contributed by atoms with Crippen LogP contribution in [0.4, 0.5) is 34.1 Å². The maximum atomic E-state index is 2.34. The Balaban J connectivity index is 0.932. The number of nitrogens with zero attached hydrogens (tertiary/aromatic N) is 2. The van der Waals surface area contributed by atoms with Crippen molar-refractivity contribution in [1.29, 1.82) is 0 Å². The van der Waals surface area contributed by atoms with Crippen molar-refractivity contribution in [2.45, 2.75) is 20.3 Å². The van der Waals surface area contributed by atoms with Crippen LogP contribution in [-0.2, 0) is 0 Å². The fourth-order valence-corrected chi connectivity index (χ4v) is 8.94. The number of hydrogen-bond donors (Lipinski definition) is 0. The fourth-order valence-electron chi connectivity index (χ4n) is 8.94. The Kier molecular flexibility index (Phi) is 13.3. The monoisotopic (exact) mass is 886 g/mol. The second-order valence-corrected chi connectivity index (χ2v) is 17.5. The first kappa shape index (κ1) is 44.1. The molecule has 2 heteroatoms. The third kappa shape index (κ3) is 10.5. The van der Waals surface area contributed by atoms with E-state index in [2.05, 4.69) is 303 Å². The van der Waals surface area contributed by atoms with E-state index >= 15 is 0 Å². The number of benzene rings is 9. The molecule has 0 saturated carbocycles. The van der Waals surface area contributed by atoms with Crippen LogP contribution in [0.2, 0.25) is 0 Å². The molecule has 0 fully saturated rings. The molecule has 0 heterocycles. The lowest BCUT2D eigenvalue weighted by Gasteiger charge is -2.26. The smallest absolute Gasteiger partial charge is 0.0462 e. The normalized spacial score (nSPS) is 12.2. The number of rotatable bonds is 13. The van der Waals surface area contributed by atoms with Gasteiger partial charge in [0.25, 0.3) is 0 Å². The van der Waals surface area contributed by atoms with E-state index in [9.17, 15) is 0 Å². The minimum atomic E-state index is 0.938. The molecule has 0 aliphatic heterocycles. The molecule has 0 bridgehead atoms. The second-order valence-electron chi connectivity index (χ2n) is 17.5. The molecular formula is C67H54N2. The predicted octanol–water partition coefficient (Wildman–Crippen LogP) is 18.5. The lowest BCUT2D eigenvalue weighted by Crippen LogP contribution is -2.10. The molecule has 332 valence electrons. The van der Waals surface area contributed by atoms with Crippen LogP contribution in [0.5, 0.6) is 0 Å². The standard InChI is InChI=1S/C67H54N2/c1-50-24-36-60(37-25-50)68(62-40-28-52(29-41-62)48-66(57-18-10-5-11-19-57)56-16-8-3-4-9-17-56)64-44-32-54(33-45-64)55-34-46-65(47-35-55)69(61-38-26-51(2)27-39-61)63-42-30-53(31-43-63)49-67(58-20-12-6-13-21-58)59-22-14-7-15-23-59/h3,5-49H,4H2,1-2H3/b66-48-. The van der Waals surface area contributed by atoms with Gasteiger partial charge in [-0.15, -0.1) is 0 Å². The summed E-state index contributed by atoms with van der Waals surface area (Å²) in [4.78, 5) is 4.67. The molecule has 1 aliphatic carbocycles. The summed E-state index contributed by atoms with van der Waals surface area (Å²) in [6.07, 6.45) is 16.5. The Morgan fingerprint density at radius 1 is 0.348 bits per heavy atom. The van der Waals surface area contributed by atoms with Gasteiger partial charge in [-0.05, 0) is 161 Å². The summed E-state index contributed by atoms with van der Waals surface area (Å²) in [7, 11) is 0. The highest BCUT2D eigenvalue weighted by Gasteiger charge is 2.16. The Hall–Kier alpha value is -8.72. The van der Waals surface area contributed by atoms with E-state index in [-0.39, 0.29) is 0 Å². The first-order valence-electron chi connectivity index (χ1n) is 23.8. The molecule has 0 unspecified atom stereocenters. The number of aryl methyl sites for hydroxylation is 2. The molecule has 0 atom stereocenters. The van der Waals surface area contributed by atoms with Gasteiger partial charge in [-0.1, -0.05) is 205 Å². The van der Waals surface area contributed by atoms with Gasteiger partial charge >= 0.3 is 0 Å². The summed E-state index contributed by atoms with van der Waals surface area (Å²) in [5.41, 5.74) is 20.9. The van der Waals surface area contributed by atoms with Crippen LogP contribution in [0.1, 0.15) is 45.4 Å². The average Bonchev–Trinajstić information content (AvgIpc) is 3.70. The molecule has 10 rings (SSSR count). The first-order chi connectivity index (χ1) is 34.0. The van der Waals surface area contributed by atoms with Crippen molar-refractivity contribution in [3.8, 4) is 11.1 Å². The number of anilines is 6. The fraction of sp³-hybridized carbons (Fsp3) is 0.0448. The van der Waals surface area contributed by atoms with Crippen LogP contribution in [0.25, 0.3) is 34.4 Å². The Morgan fingerprint density at radius 2 is 0.681 bits per heavy atom. The van der Waals surface area contributed by atoms with Crippen molar-refractivity contribution < 1.29 is 0 Å². The highest BCUT2D eigenvalue weighted by atomic mass is 15.1. The molecule has 1 aliphatic rings. The van der Waals surface area contributed by atoms with Gasteiger partial charge in [0.1, 0.15) is 0 Å². The molecule has 0 aromatic heterocycles. The quantitative estimate of drug-likeness (QED) is 0.106. The Labute approximate surface area is 408 Å². The maximum absolute atomic E-state index is 2.34. The molecule has 0 saturated heterocycles. The van der Waals surface area contributed by atoms with E-state index in [0.717, 1.165) is 62.8 Å². The summed E-state index contributed by atoms with van der Waals surface area (Å²) in [5.74, 6) is 0. The van der Waals surface area contributed by atoms with Gasteiger partial charge < -0.3 is 9.80 Å². The molecule has 9 aromatic carbocycles. The number of hydrogen-bond acceptors (Lipinski definition) is 2. The van der Waals surface area contributed by atoms with Crippen molar-refractivity contribution in [3.05, 3.63) is 311 Å². The van der Waals surface area contributed by atoms with E-state index in [1.54, 1.807) is 0 Å². The van der Waals surface area contributed by atoms with Gasteiger partial charge in [0.05, 0.1) is 0 Å². The summed E-state index contributed by atoms with van der Waals surface area (Å²) in [6.45, 7) is 4.27. The molecule has 0 N–H and O–H groups in total. The van der Waals surface area contributed by atoms with Gasteiger partial charge in [0.15, 0.2) is 0 Å². The molecule has 0 spiro atoms. The van der Waals surface area contributed by atoms with Gasteiger partial charge in [0, 0.05) is 34.1 Å². The Bertz CT molecular complexity index is 3230. The van der Waals surface area contributed by atoms with E-state index < -0.39 is 0 Å². The largest absolute Gasteiger partial charge is 0.311 e. The highest BCUT2D eigenvalue weighted by Crippen LogP contribution is 2.39. The third-order valence-corrected chi connectivity index (χ3v) is 12.6. The van der Waals surface area contributed by atoms with Gasteiger partial charge in [-0.25, -0.2) is 0 Å². The van der Waals surface area contributed by atoms with Crippen molar-refractivity contribution in [2.24, 2.45) is 0 Å². The zero-order valence-electron chi connectivity index (χ0n) is 39.2. The zero-order chi connectivity index (χ0) is 46.8. The second kappa shape index (κ2) is 20.8. The lowest BCUT2D eigenvalue weighted by atomic mass is 9.95. The summed E-state index contributed by atoms with van der Waals surface area (Å²) in [5, 5.41) is 0. The van der Waals surface area contributed by atoms with Crippen LogP contribution in [0.15, 0.2) is 273 Å². The van der Waals surface area contributed by atoms with E-state index in [4.69, 9.17) is 0 Å². The Morgan fingerprint density at radius 3 is 1.07 bits per heavy atom. The lowest BCUT2D eigenvalue weighted by molar-refractivity contribution is 1.27. The molecule has 69 heavy (non-hydrogen) atoms. The molecular weight excluding hydrogens is 833 g/mol. The van der Waals surface area contributed by atoms with E-state index in [1.807, 2.05) is 0 Å². The third-order valence-electron chi connectivity index (χ3n) is 12.6. The minimum Gasteiger partial charge on any atom is -0.311 e. The van der Waals surface area contributed by atoms with E-state index in [0.29, 0.717) is 0 Å². The van der Waals surface area contributed by atoms with Crippen molar-refractivity contribution in [2.75, 3.05) is 9.80 Å².